The summed E-state index contributed by atoms with van der Waals surface area (Å²) in [5, 5.41) is 2.15. The molecule has 0 unspecified atom stereocenters. The average molecular weight is 469 g/mol. The number of carbonyl (C=O) groups is 1. The van der Waals surface area contributed by atoms with Crippen molar-refractivity contribution in [2.24, 2.45) is 12.5 Å². The number of rotatable bonds is 6. The van der Waals surface area contributed by atoms with Gasteiger partial charge >= 0.3 is 6.18 Å². The molecule has 2 aromatic rings. The van der Waals surface area contributed by atoms with E-state index < -0.39 is 61.6 Å². The number of halogens is 6. The first kappa shape index (κ1) is 23.1. The number of carbonyl (C=O) groups excluding carboxylic acids is 1. The van der Waals surface area contributed by atoms with Crippen molar-refractivity contribution in [3.8, 4) is 0 Å². The highest BCUT2D eigenvalue weighted by molar-refractivity contribution is 7.91. The van der Waals surface area contributed by atoms with Gasteiger partial charge < -0.3 is 9.88 Å². The molecule has 0 saturated heterocycles. The summed E-state index contributed by atoms with van der Waals surface area (Å²) in [6, 6.07) is 2.01. The molecule has 1 fully saturated rings. The maximum atomic E-state index is 14.9. The minimum atomic E-state index is -4.77. The van der Waals surface area contributed by atoms with Crippen molar-refractivity contribution >= 4 is 21.4 Å². The van der Waals surface area contributed by atoms with E-state index in [9.17, 15) is 39.6 Å². The van der Waals surface area contributed by atoms with Gasteiger partial charge in [0.1, 0.15) is 16.3 Å². The Bertz CT molecular complexity index is 1110. The molecule has 170 valence electrons. The molecule has 1 aliphatic rings. The van der Waals surface area contributed by atoms with Crippen LogP contribution < -0.4 is 5.32 Å². The number of aryl methyl sites for hydroxylation is 1. The van der Waals surface area contributed by atoms with Crippen molar-refractivity contribution in [1.29, 1.82) is 0 Å². The number of nitrogens with one attached hydrogen (secondary N) is 1. The molecule has 0 bridgehead atoms. The summed E-state index contributed by atoms with van der Waals surface area (Å²) in [6.07, 6.45) is -6.55. The standard InChI is InChI=1S/C18H17F6N3O3S/c1-27-8-12(31(29,30)9-17(4-2-5-17)18(22,23)24)13(19)14(27)16(28)26-10-3-6-25-11(7-10)15(20)21/h3,6-8,15H,2,4-5,9H2,1H3,(H,25,26,28). The van der Waals surface area contributed by atoms with Crippen LogP contribution in [0.25, 0.3) is 0 Å². The quantitative estimate of drug-likeness (QED) is 0.642. The molecule has 1 amide bonds. The molecule has 1 saturated carbocycles. The fourth-order valence-corrected chi connectivity index (χ4v) is 5.46. The largest absolute Gasteiger partial charge is 0.395 e. The van der Waals surface area contributed by atoms with Crippen LogP contribution in [0.4, 0.5) is 32.0 Å². The summed E-state index contributed by atoms with van der Waals surface area (Å²) < 4.78 is 106. The number of hydrogen-bond acceptors (Lipinski definition) is 4. The number of pyridine rings is 1. The fourth-order valence-electron chi connectivity index (χ4n) is 3.44. The van der Waals surface area contributed by atoms with Crippen LogP contribution in [0, 0.1) is 11.2 Å². The lowest BCUT2D eigenvalue weighted by molar-refractivity contribution is -0.241. The molecule has 1 aliphatic carbocycles. The molecule has 6 nitrogen and oxygen atoms in total. The lowest BCUT2D eigenvalue weighted by Crippen LogP contribution is -2.48. The summed E-state index contributed by atoms with van der Waals surface area (Å²) in [4.78, 5) is 14.8. The third kappa shape index (κ3) is 4.27. The van der Waals surface area contributed by atoms with Gasteiger partial charge in [0.2, 0.25) is 0 Å². The molecular formula is C18H17F6N3O3S. The van der Waals surface area contributed by atoms with Gasteiger partial charge in [-0.25, -0.2) is 21.6 Å². The Morgan fingerprint density at radius 2 is 1.97 bits per heavy atom. The predicted octanol–water partition coefficient (Wildman–Crippen LogP) is 4.26. The van der Waals surface area contributed by atoms with Crippen molar-refractivity contribution < 1.29 is 39.6 Å². The van der Waals surface area contributed by atoms with Crippen LogP contribution >= 0.6 is 0 Å². The lowest BCUT2D eigenvalue weighted by atomic mass is 9.70. The van der Waals surface area contributed by atoms with Gasteiger partial charge in [-0.3, -0.25) is 9.78 Å². The lowest BCUT2D eigenvalue weighted by Gasteiger charge is -2.42. The predicted molar refractivity (Wildman–Crippen MR) is 96.9 cm³/mol. The summed E-state index contributed by atoms with van der Waals surface area (Å²) in [5.41, 5.74) is -4.01. The molecule has 0 radical (unpaired) electrons. The zero-order valence-corrected chi connectivity index (χ0v) is 16.8. The van der Waals surface area contributed by atoms with Crippen LogP contribution in [0.1, 0.15) is 41.9 Å². The Kier molecular flexibility index (Phi) is 5.84. The van der Waals surface area contributed by atoms with Gasteiger partial charge in [-0.15, -0.1) is 0 Å². The average Bonchev–Trinajstić information content (AvgIpc) is 2.92. The maximum absolute atomic E-state index is 14.9. The van der Waals surface area contributed by atoms with Crippen LogP contribution in [0.3, 0.4) is 0 Å². The van der Waals surface area contributed by atoms with Gasteiger partial charge in [0.15, 0.2) is 15.7 Å². The fraction of sp³-hybridized carbons (Fsp3) is 0.444. The molecular weight excluding hydrogens is 452 g/mol. The molecule has 13 heteroatoms. The van der Waals surface area contributed by atoms with Gasteiger partial charge in [0, 0.05) is 25.1 Å². The molecule has 0 aliphatic heterocycles. The first-order valence-corrected chi connectivity index (χ1v) is 10.6. The first-order valence-electron chi connectivity index (χ1n) is 8.97. The van der Waals surface area contributed by atoms with Crippen molar-refractivity contribution in [2.45, 2.75) is 36.8 Å². The zero-order chi connectivity index (χ0) is 23.2. The minimum absolute atomic E-state index is 0.147. The van der Waals surface area contributed by atoms with Crippen LogP contribution in [0.15, 0.2) is 29.4 Å². The van der Waals surface area contributed by atoms with Crippen molar-refractivity contribution in [3.63, 3.8) is 0 Å². The maximum Gasteiger partial charge on any atom is 0.395 e. The normalized spacial score (nSPS) is 16.3. The Morgan fingerprint density at radius 3 is 2.48 bits per heavy atom. The summed E-state index contributed by atoms with van der Waals surface area (Å²) in [7, 11) is -3.59. The van der Waals surface area contributed by atoms with Crippen LogP contribution in [-0.2, 0) is 16.9 Å². The van der Waals surface area contributed by atoms with Crippen molar-refractivity contribution in [1.82, 2.24) is 9.55 Å². The Hall–Kier alpha value is -2.57. The van der Waals surface area contributed by atoms with Crippen molar-refractivity contribution in [3.05, 3.63) is 41.7 Å². The van der Waals surface area contributed by atoms with E-state index in [1.807, 2.05) is 0 Å². The van der Waals surface area contributed by atoms with Crippen LogP contribution in [-0.4, -0.2) is 35.8 Å². The van der Waals surface area contributed by atoms with E-state index in [-0.39, 0.29) is 24.9 Å². The third-order valence-electron chi connectivity index (χ3n) is 5.28. The van der Waals surface area contributed by atoms with E-state index >= 15 is 0 Å². The summed E-state index contributed by atoms with van der Waals surface area (Å²) in [6.45, 7) is 0. The molecule has 31 heavy (non-hydrogen) atoms. The molecule has 0 spiro atoms. The number of alkyl halides is 5. The SMILES string of the molecule is Cn1cc(S(=O)(=O)CC2(C(F)(F)F)CCC2)c(F)c1C(=O)Nc1ccnc(C(F)F)c1. The third-order valence-corrected chi connectivity index (χ3v) is 7.17. The molecule has 0 aromatic carbocycles. The Balaban J connectivity index is 1.90. The summed E-state index contributed by atoms with van der Waals surface area (Å²) >= 11 is 0. The summed E-state index contributed by atoms with van der Waals surface area (Å²) in [5.74, 6) is -4.00. The monoisotopic (exact) mass is 469 g/mol. The second-order valence-electron chi connectivity index (χ2n) is 7.38. The number of amides is 1. The van der Waals surface area contributed by atoms with Gasteiger partial charge in [-0.2, -0.15) is 13.2 Å². The highest BCUT2D eigenvalue weighted by Crippen LogP contribution is 2.54. The smallest absolute Gasteiger partial charge is 0.343 e. The number of anilines is 1. The van der Waals surface area contributed by atoms with Crippen molar-refractivity contribution in [2.75, 3.05) is 11.1 Å². The van der Waals surface area contributed by atoms with E-state index in [0.717, 1.165) is 36.1 Å². The molecule has 1 N–H and O–H groups in total. The van der Waals surface area contributed by atoms with E-state index in [1.165, 1.54) is 0 Å². The second-order valence-corrected chi connectivity index (χ2v) is 9.34. The Morgan fingerprint density at radius 1 is 1.32 bits per heavy atom. The van der Waals surface area contributed by atoms with E-state index in [2.05, 4.69) is 10.3 Å². The minimum Gasteiger partial charge on any atom is -0.343 e. The second kappa shape index (κ2) is 7.84. The van der Waals surface area contributed by atoms with Crippen LogP contribution in [0.2, 0.25) is 0 Å². The molecule has 0 atom stereocenters. The topological polar surface area (TPSA) is 81.1 Å². The number of nitrogens with zero attached hydrogens (tertiary/aromatic N) is 2. The number of aromatic nitrogens is 2. The molecule has 2 aromatic heterocycles. The Labute approximate surface area is 173 Å². The van der Waals surface area contributed by atoms with Gasteiger partial charge in [-0.1, -0.05) is 6.42 Å². The van der Waals surface area contributed by atoms with E-state index in [0.29, 0.717) is 0 Å². The number of sulfone groups is 1. The highest BCUT2D eigenvalue weighted by atomic mass is 32.2. The van der Waals surface area contributed by atoms with Crippen LogP contribution in [0.5, 0.6) is 0 Å². The van der Waals surface area contributed by atoms with E-state index in [4.69, 9.17) is 0 Å². The van der Waals surface area contributed by atoms with Gasteiger partial charge in [0.25, 0.3) is 12.3 Å². The molecule has 3 rings (SSSR count). The van der Waals surface area contributed by atoms with Gasteiger partial charge in [-0.05, 0) is 25.0 Å². The van der Waals surface area contributed by atoms with E-state index in [1.54, 1.807) is 0 Å². The van der Waals surface area contributed by atoms with Gasteiger partial charge in [0.05, 0.1) is 11.2 Å². The first-order chi connectivity index (χ1) is 14.3. The zero-order valence-electron chi connectivity index (χ0n) is 16.0. The highest BCUT2D eigenvalue weighted by Gasteiger charge is 2.60. The number of hydrogen-bond donors (Lipinski definition) is 1. The molecule has 2 heterocycles.